The summed E-state index contributed by atoms with van der Waals surface area (Å²) >= 11 is 1.49. The van der Waals surface area contributed by atoms with Gasteiger partial charge in [0.15, 0.2) is 0 Å². The number of rotatable bonds is 5. The number of carbonyl (C=O) groups is 1. The molecule has 1 aromatic carbocycles. The highest BCUT2D eigenvalue weighted by atomic mass is 32.1. The third-order valence-electron chi connectivity index (χ3n) is 2.52. The predicted molar refractivity (Wildman–Crippen MR) is 74.1 cm³/mol. The largest absolute Gasteiger partial charge is 0.481 e. The highest BCUT2D eigenvalue weighted by molar-refractivity contribution is 7.12. The van der Waals surface area contributed by atoms with Crippen LogP contribution in [0.4, 0.5) is 5.69 Å². The second kappa shape index (κ2) is 6.03. The topological polar surface area (TPSA) is 73.1 Å². The number of anilines is 1. The van der Waals surface area contributed by atoms with E-state index in [1.165, 1.54) is 11.3 Å². The molecule has 5 heteroatoms. The van der Waals surface area contributed by atoms with Crippen molar-refractivity contribution in [2.24, 2.45) is 0 Å². The second-order valence-electron chi connectivity index (χ2n) is 3.98. The molecular weight excluding hydrogens is 260 g/mol. The molecule has 1 aromatic heterocycles. The normalized spacial score (nSPS) is 9.84. The van der Waals surface area contributed by atoms with Gasteiger partial charge < -0.3 is 10.4 Å². The molecule has 0 aliphatic heterocycles. The zero-order chi connectivity index (χ0) is 13.7. The van der Waals surface area contributed by atoms with Gasteiger partial charge in [0.05, 0.1) is 18.1 Å². The highest BCUT2D eigenvalue weighted by Gasteiger charge is 2.04. The molecule has 0 amide bonds. The van der Waals surface area contributed by atoms with Crippen molar-refractivity contribution < 1.29 is 9.90 Å². The molecule has 2 N–H and O–H groups in total. The van der Waals surface area contributed by atoms with E-state index in [0.717, 1.165) is 15.4 Å². The van der Waals surface area contributed by atoms with Crippen LogP contribution in [0.25, 0.3) is 0 Å². The van der Waals surface area contributed by atoms with Crippen molar-refractivity contribution in [1.29, 1.82) is 5.26 Å². The monoisotopic (exact) mass is 272 g/mol. The molecule has 1 heterocycles. The standard InChI is InChI=1S/C14H12N2O2S/c15-8-10-1-3-11(4-2-10)16-9-13-6-5-12(19-13)7-14(17)18/h1-6,16H,7,9H2,(H,17,18). The Labute approximate surface area is 114 Å². The average Bonchev–Trinajstić information content (AvgIpc) is 2.84. The summed E-state index contributed by atoms with van der Waals surface area (Å²) in [4.78, 5) is 12.5. The molecule has 0 unspecified atom stereocenters. The maximum absolute atomic E-state index is 10.6. The Morgan fingerprint density at radius 2 is 1.89 bits per heavy atom. The summed E-state index contributed by atoms with van der Waals surface area (Å²) in [7, 11) is 0. The van der Waals surface area contributed by atoms with E-state index in [1.807, 2.05) is 24.3 Å². The first-order valence-corrected chi connectivity index (χ1v) is 6.52. The number of carboxylic acids is 1. The van der Waals surface area contributed by atoms with Gasteiger partial charge in [-0.3, -0.25) is 4.79 Å². The Balaban J connectivity index is 1.92. The second-order valence-corrected chi connectivity index (χ2v) is 5.23. The van der Waals surface area contributed by atoms with Crippen LogP contribution in [0.3, 0.4) is 0 Å². The van der Waals surface area contributed by atoms with Crippen LogP contribution in [-0.2, 0) is 17.8 Å². The van der Waals surface area contributed by atoms with E-state index < -0.39 is 5.97 Å². The Morgan fingerprint density at radius 3 is 2.53 bits per heavy atom. The van der Waals surface area contributed by atoms with Crippen LogP contribution in [0.1, 0.15) is 15.3 Å². The van der Waals surface area contributed by atoms with E-state index in [4.69, 9.17) is 10.4 Å². The van der Waals surface area contributed by atoms with E-state index in [0.29, 0.717) is 12.1 Å². The maximum atomic E-state index is 10.6. The summed E-state index contributed by atoms with van der Waals surface area (Å²) in [6, 6.07) is 13.1. The predicted octanol–water partition coefficient (Wildman–Crippen LogP) is 2.86. The van der Waals surface area contributed by atoms with Crippen molar-refractivity contribution in [1.82, 2.24) is 0 Å². The van der Waals surface area contributed by atoms with Crippen LogP contribution in [0.2, 0.25) is 0 Å². The molecule has 0 aliphatic carbocycles. The average molecular weight is 272 g/mol. The fraction of sp³-hybridized carbons (Fsp3) is 0.143. The number of hydrogen-bond donors (Lipinski definition) is 2. The first kappa shape index (κ1) is 13.1. The molecule has 96 valence electrons. The molecule has 2 aromatic rings. The van der Waals surface area contributed by atoms with E-state index in [2.05, 4.69) is 11.4 Å². The van der Waals surface area contributed by atoms with E-state index in [9.17, 15) is 4.79 Å². The van der Waals surface area contributed by atoms with Crippen LogP contribution in [0.15, 0.2) is 36.4 Å². The molecule has 0 fully saturated rings. The third-order valence-corrected chi connectivity index (χ3v) is 3.61. The zero-order valence-electron chi connectivity index (χ0n) is 10.1. The number of nitrogens with zero attached hydrogens (tertiary/aromatic N) is 1. The van der Waals surface area contributed by atoms with Crippen molar-refractivity contribution in [2.45, 2.75) is 13.0 Å². The van der Waals surface area contributed by atoms with Crippen molar-refractivity contribution in [3.8, 4) is 6.07 Å². The summed E-state index contributed by atoms with van der Waals surface area (Å²) < 4.78 is 0. The number of benzene rings is 1. The lowest BCUT2D eigenvalue weighted by Gasteiger charge is -2.04. The summed E-state index contributed by atoms with van der Waals surface area (Å²) in [6.45, 7) is 0.649. The van der Waals surface area contributed by atoms with E-state index in [-0.39, 0.29) is 6.42 Å². The Bertz CT molecular complexity index is 611. The first-order valence-electron chi connectivity index (χ1n) is 5.71. The molecule has 2 rings (SSSR count). The lowest BCUT2D eigenvalue weighted by Crippen LogP contribution is -1.98. The van der Waals surface area contributed by atoms with Gasteiger partial charge in [-0.2, -0.15) is 5.26 Å². The van der Waals surface area contributed by atoms with Crippen molar-refractivity contribution in [3.63, 3.8) is 0 Å². The lowest BCUT2D eigenvalue weighted by molar-refractivity contribution is -0.136. The molecule has 4 nitrogen and oxygen atoms in total. The van der Waals surface area contributed by atoms with Gasteiger partial charge in [0.2, 0.25) is 0 Å². The Hall–Kier alpha value is -2.32. The molecule has 19 heavy (non-hydrogen) atoms. The molecule has 0 bridgehead atoms. The third kappa shape index (κ3) is 3.83. The fourth-order valence-electron chi connectivity index (χ4n) is 1.61. The van der Waals surface area contributed by atoms with Crippen LogP contribution in [0, 0.1) is 11.3 Å². The molecule has 0 saturated heterocycles. The summed E-state index contributed by atoms with van der Waals surface area (Å²) in [5, 5.41) is 20.6. The van der Waals surface area contributed by atoms with Gasteiger partial charge in [0.1, 0.15) is 0 Å². The number of nitriles is 1. The fourth-order valence-corrected chi connectivity index (χ4v) is 2.56. The van der Waals surface area contributed by atoms with Crippen molar-refractivity contribution in [2.75, 3.05) is 5.32 Å². The zero-order valence-corrected chi connectivity index (χ0v) is 10.9. The maximum Gasteiger partial charge on any atom is 0.308 e. The smallest absolute Gasteiger partial charge is 0.308 e. The quantitative estimate of drug-likeness (QED) is 0.877. The molecular formula is C14H12N2O2S. The van der Waals surface area contributed by atoms with Crippen molar-refractivity contribution in [3.05, 3.63) is 51.7 Å². The number of thiophene rings is 1. The molecule has 0 aliphatic rings. The first-order chi connectivity index (χ1) is 9.17. The number of nitrogens with one attached hydrogen (secondary N) is 1. The van der Waals surface area contributed by atoms with Gasteiger partial charge in [0, 0.05) is 22.0 Å². The van der Waals surface area contributed by atoms with Gasteiger partial charge in [-0.1, -0.05) is 0 Å². The minimum absolute atomic E-state index is 0.0710. The summed E-state index contributed by atoms with van der Waals surface area (Å²) in [6.07, 6.45) is 0.0710. The number of carboxylic acid groups (broad SMARTS) is 1. The van der Waals surface area contributed by atoms with E-state index >= 15 is 0 Å². The molecule has 0 radical (unpaired) electrons. The lowest BCUT2D eigenvalue weighted by atomic mass is 10.2. The van der Waals surface area contributed by atoms with Crippen LogP contribution in [0.5, 0.6) is 0 Å². The molecule has 0 atom stereocenters. The summed E-state index contributed by atoms with van der Waals surface area (Å²) in [5.41, 5.74) is 1.57. The van der Waals surface area contributed by atoms with Crippen LogP contribution < -0.4 is 5.32 Å². The van der Waals surface area contributed by atoms with Gasteiger partial charge >= 0.3 is 5.97 Å². The van der Waals surface area contributed by atoms with Gasteiger partial charge in [0.25, 0.3) is 0 Å². The number of aliphatic carboxylic acids is 1. The summed E-state index contributed by atoms with van der Waals surface area (Å²) in [5.74, 6) is -0.812. The van der Waals surface area contributed by atoms with Crippen LogP contribution >= 0.6 is 11.3 Å². The highest BCUT2D eigenvalue weighted by Crippen LogP contribution is 2.19. The van der Waals surface area contributed by atoms with Gasteiger partial charge in [-0.25, -0.2) is 0 Å². The molecule has 0 saturated carbocycles. The Morgan fingerprint density at radius 1 is 1.21 bits per heavy atom. The minimum atomic E-state index is -0.812. The van der Waals surface area contributed by atoms with E-state index in [1.54, 1.807) is 12.1 Å². The number of hydrogen-bond acceptors (Lipinski definition) is 4. The molecule has 0 spiro atoms. The van der Waals surface area contributed by atoms with Crippen LogP contribution in [-0.4, -0.2) is 11.1 Å². The van der Waals surface area contributed by atoms with Gasteiger partial charge in [-0.05, 0) is 36.4 Å². The van der Waals surface area contributed by atoms with Crippen molar-refractivity contribution >= 4 is 23.0 Å². The Kier molecular flexibility index (Phi) is 4.16. The SMILES string of the molecule is N#Cc1ccc(NCc2ccc(CC(=O)O)s2)cc1. The minimum Gasteiger partial charge on any atom is -0.481 e. The van der Waals surface area contributed by atoms with Gasteiger partial charge in [-0.15, -0.1) is 11.3 Å².